The van der Waals surface area contributed by atoms with Crippen LogP contribution in [0.4, 0.5) is 0 Å². The molecule has 0 aliphatic heterocycles. The molecule has 0 heterocycles. The number of rotatable bonds is 6. The zero-order valence-electron chi connectivity index (χ0n) is 15.4. The lowest BCUT2D eigenvalue weighted by atomic mass is 10.2. The summed E-state index contributed by atoms with van der Waals surface area (Å²) in [5.74, 6) is 0. The van der Waals surface area contributed by atoms with Crippen molar-refractivity contribution in [2.75, 3.05) is 13.7 Å². The van der Waals surface area contributed by atoms with E-state index >= 15 is 0 Å². The first-order valence-corrected chi connectivity index (χ1v) is 14.9. The van der Waals surface area contributed by atoms with Crippen LogP contribution in [0.15, 0.2) is 60.7 Å². The van der Waals surface area contributed by atoms with E-state index in [1.807, 2.05) is 7.11 Å². The number of hydrogen-bond acceptors (Lipinski definition) is 1. The number of benzene rings is 2. The van der Waals surface area contributed by atoms with E-state index in [4.69, 9.17) is 4.74 Å². The van der Waals surface area contributed by atoms with Crippen molar-refractivity contribution < 1.29 is 4.74 Å². The zero-order chi connectivity index (χ0) is 17.1. The molecular weight excluding hydrogens is 312 g/mol. The van der Waals surface area contributed by atoms with Gasteiger partial charge in [-0.2, -0.15) is 0 Å². The van der Waals surface area contributed by atoms with Crippen molar-refractivity contribution in [3.63, 3.8) is 0 Å². The zero-order valence-corrected chi connectivity index (χ0v) is 17.4. The Morgan fingerprint density at radius 2 is 1.17 bits per heavy atom. The molecule has 1 nitrogen and oxygen atoms in total. The van der Waals surface area contributed by atoms with Gasteiger partial charge in [0.05, 0.1) is 0 Å². The summed E-state index contributed by atoms with van der Waals surface area (Å²) >= 11 is 0. The molecule has 0 atom stereocenters. The van der Waals surface area contributed by atoms with Gasteiger partial charge in [-0.15, -0.1) is 0 Å². The Labute approximate surface area is 143 Å². The third-order valence-electron chi connectivity index (χ3n) is 5.06. The van der Waals surface area contributed by atoms with Gasteiger partial charge in [-0.25, -0.2) is 0 Å². The van der Waals surface area contributed by atoms with E-state index in [9.17, 15) is 0 Å². The van der Waals surface area contributed by atoms with Gasteiger partial charge in [0.15, 0.2) is 0 Å². The van der Waals surface area contributed by atoms with Gasteiger partial charge >= 0.3 is 0 Å². The molecule has 0 spiro atoms. The second-order valence-electron chi connectivity index (χ2n) is 8.05. The van der Waals surface area contributed by atoms with E-state index in [1.165, 1.54) is 0 Å². The molecule has 2 rings (SSSR count). The predicted octanol–water partition coefficient (Wildman–Crippen LogP) is 4.09. The predicted molar refractivity (Wildman–Crippen MR) is 107 cm³/mol. The minimum absolute atomic E-state index is 0.134. The standard InChI is InChI=1S/C20H30OSi2/c1-20(2,17-21-3)23(22(4,5)6,18-13-9-7-10-14-18)19-15-11-8-12-16-19/h7-16H,17H2,1-6H3. The molecule has 0 saturated heterocycles. The first-order chi connectivity index (χ1) is 10.8. The highest BCUT2D eigenvalue weighted by atomic mass is 29.3. The van der Waals surface area contributed by atoms with Crippen molar-refractivity contribution in [2.24, 2.45) is 0 Å². The van der Waals surface area contributed by atoms with E-state index in [2.05, 4.69) is 94.2 Å². The van der Waals surface area contributed by atoms with Gasteiger partial charge in [0, 0.05) is 21.3 Å². The van der Waals surface area contributed by atoms with Crippen LogP contribution >= 0.6 is 0 Å². The fraction of sp³-hybridized carbons (Fsp3) is 0.400. The maximum atomic E-state index is 5.71. The first-order valence-electron chi connectivity index (χ1n) is 8.37. The van der Waals surface area contributed by atoms with Crippen LogP contribution in [0.3, 0.4) is 0 Å². The van der Waals surface area contributed by atoms with Gasteiger partial charge in [0.2, 0.25) is 0 Å². The summed E-state index contributed by atoms with van der Waals surface area (Å²) in [7, 11) is -1.68. The minimum Gasteiger partial charge on any atom is -0.384 e. The highest BCUT2D eigenvalue weighted by Crippen LogP contribution is 2.42. The van der Waals surface area contributed by atoms with Crippen molar-refractivity contribution in [2.45, 2.75) is 38.5 Å². The molecule has 124 valence electrons. The Kier molecular flexibility index (Phi) is 5.34. The second-order valence-corrected chi connectivity index (χ2v) is 23.3. The number of ether oxygens (including phenoxy) is 1. The summed E-state index contributed by atoms with van der Waals surface area (Å²) in [5, 5.41) is 3.23. The molecule has 0 aromatic heterocycles. The smallest absolute Gasteiger partial charge is 0.117 e. The number of hydrogen-bond donors (Lipinski definition) is 0. The Bertz CT molecular complexity index is 576. The molecule has 23 heavy (non-hydrogen) atoms. The molecule has 0 radical (unpaired) electrons. The summed E-state index contributed by atoms with van der Waals surface area (Å²) in [4.78, 5) is 0. The van der Waals surface area contributed by atoms with Crippen LogP contribution in [0, 0.1) is 0 Å². The highest BCUT2D eigenvalue weighted by Gasteiger charge is 2.57. The van der Waals surface area contributed by atoms with Crippen LogP contribution in [0.2, 0.25) is 24.7 Å². The normalized spacial score (nSPS) is 13.1. The molecule has 0 aliphatic carbocycles. The van der Waals surface area contributed by atoms with Gasteiger partial charge < -0.3 is 4.74 Å². The lowest BCUT2D eigenvalue weighted by Crippen LogP contribution is -2.78. The highest BCUT2D eigenvalue weighted by molar-refractivity contribution is 7.51. The molecule has 3 heteroatoms. The molecular formula is C20H30OSi2. The monoisotopic (exact) mass is 342 g/mol. The van der Waals surface area contributed by atoms with Crippen molar-refractivity contribution in [1.82, 2.24) is 0 Å². The fourth-order valence-electron chi connectivity index (χ4n) is 4.67. The van der Waals surface area contributed by atoms with E-state index in [-0.39, 0.29) is 5.04 Å². The summed E-state index contributed by atoms with van der Waals surface area (Å²) < 4.78 is 5.71. The van der Waals surface area contributed by atoms with Crippen LogP contribution in [-0.4, -0.2) is 28.9 Å². The lowest BCUT2D eigenvalue weighted by molar-refractivity contribution is 0.171. The van der Waals surface area contributed by atoms with E-state index in [1.54, 1.807) is 10.4 Å². The lowest BCUT2D eigenvalue weighted by Gasteiger charge is -2.53. The average molecular weight is 343 g/mol. The summed E-state index contributed by atoms with van der Waals surface area (Å²) in [6, 6.07) is 22.5. The topological polar surface area (TPSA) is 9.23 Å². The van der Waals surface area contributed by atoms with Crippen LogP contribution in [0.25, 0.3) is 0 Å². The Hall–Kier alpha value is -1.17. The molecule has 0 fully saturated rings. The molecule has 2 aromatic rings. The van der Waals surface area contributed by atoms with Gasteiger partial charge in [0.1, 0.15) is 7.59 Å². The van der Waals surface area contributed by atoms with Gasteiger partial charge in [0.25, 0.3) is 0 Å². The third kappa shape index (κ3) is 3.10. The summed E-state index contributed by atoms with van der Waals surface area (Å²) in [6.07, 6.45) is 0. The Balaban J connectivity index is 2.86. The first kappa shape index (κ1) is 18.2. The van der Waals surface area contributed by atoms with Gasteiger partial charge in [-0.05, 0) is 5.04 Å². The van der Waals surface area contributed by atoms with Crippen molar-refractivity contribution in [3.8, 4) is 0 Å². The SMILES string of the molecule is COCC(C)(C)[Si](c1ccccc1)(c1ccccc1)[Si](C)(C)C. The molecule has 0 bridgehead atoms. The molecule has 0 amide bonds. The largest absolute Gasteiger partial charge is 0.384 e. The Morgan fingerprint density at radius 1 is 0.783 bits per heavy atom. The fourth-order valence-corrected chi connectivity index (χ4v) is 24.6. The minimum atomic E-state index is -1.98. The van der Waals surface area contributed by atoms with Crippen LogP contribution < -0.4 is 10.4 Å². The van der Waals surface area contributed by atoms with Crippen LogP contribution in [0.1, 0.15) is 13.8 Å². The maximum Gasteiger partial charge on any atom is 0.117 e. The summed E-state index contributed by atoms with van der Waals surface area (Å²) in [5.41, 5.74) is 0. The quantitative estimate of drug-likeness (QED) is 0.718. The van der Waals surface area contributed by atoms with Crippen LogP contribution in [-0.2, 0) is 4.74 Å². The Morgan fingerprint density at radius 3 is 1.48 bits per heavy atom. The van der Waals surface area contributed by atoms with E-state index < -0.39 is 15.2 Å². The average Bonchev–Trinajstić information content (AvgIpc) is 2.48. The summed E-state index contributed by atoms with van der Waals surface area (Å²) in [6.45, 7) is 13.2. The molecule has 0 saturated carbocycles. The van der Waals surface area contributed by atoms with Crippen LogP contribution in [0.5, 0.6) is 0 Å². The van der Waals surface area contributed by atoms with Crippen molar-refractivity contribution in [1.29, 1.82) is 0 Å². The molecule has 0 N–H and O–H groups in total. The second kappa shape index (κ2) is 6.75. The van der Waals surface area contributed by atoms with Gasteiger partial charge in [-0.1, -0.05) is 105 Å². The van der Waals surface area contributed by atoms with Crippen molar-refractivity contribution >= 4 is 25.6 Å². The molecule has 0 unspecified atom stereocenters. The van der Waals surface area contributed by atoms with Gasteiger partial charge in [-0.3, -0.25) is 0 Å². The van der Waals surface area contributed by atoms with E-state index in [0.29, 0.717) is 0 Å². The van der Waals surface area contributed by atoms with Crippen molar-refractivity contribution in [3.05, 3.63) is 60.7 Å². The molecule has 0 aliphatic rings. The number of methoxy groups -OCH3 is 1. The maximum absolute atomic E-state index is 5.71. The van der Waals surface area contributed by atoms with E-state index in [0.717, 1.165) is 6.61 Å². The molecule has 2 aromatic carbocycles. The third-order valence-corrected chi connectivity index (χ3v) is 22.4.